The lowest BCUT2D eigenvalue weighted by molar-refractivity contribution is -0.161. The van der Waals surface area contributed by atoms with Gasteiger partial charge in [0.05, 0.1) is 32.8 Å². The van der Waals surface area contributed by atoms with Crippen LogP contribution in [0.4, 0.5) is 0 Å². The van der Waals surface area contributed by atoms with Gasteiger partial charge in [0, 0.05) is 19.3 Å². The number of esters is 4. The van der Waals surface area contributed by atoms with Crippen LogP contribution in [-0.2, 0) is 65.4 Å². The summed E-state index contributed by atoms with van der Waals surface area (Å²) in [6.45, 7) is 4.50. The second-order valence-corrected chi connectivity index (χ2v) is 26.7. The van der Waals surface area contributed by atoms with Crippen LogP contribution in [0, 0.1) is 0 Å². The molecule has 0 aromatic rings. The van der Waals surface area contributed by atoms with Crippen LogP contribution in [0.1, 0.15) is 285 Å². The first-order valence-corrected chi connectivity index (χ1v) is 39.1. The van der Waals surface area contributed by atoms with Crippen LogP contribution in [0.25, 0.3) is 0 Å². The highest BCUT2D eigenvalue weighted by Gasteiger charge is 2.30. The number of allylic oxidation sites excluding steroid dienone is 17. The maximum atomic E-state index is 13.0. The van der Waals surface area contributed by atoms with E-state index < -0.39 is 97.5 Å². The average Bonchev–Trinajstić information content (AvgIpc) is 1.55. The van der Waals surface area contributed by atoms with Gasteiger partial charge in [-0.05, 0) is 109 Å². The van der Waals surface area contributed by atoms with Crippen molar-refractivity contribution in [1.82, 2.24) is 0 Å². The minimum Gasteiger partial charge on any atom is -0.462 e. The zero-order valence-corrected chi connectivity index (χ0v) is 60.4. The van der Waals surface area contributed by atoms with Gasteiger partial charge in [0.2, 0.25) is 0 Å². The van der Waals surface area contributed by atoms with Gasteiger partial charge in [0.15, 0.2) is 12.2 Å². The van der Waals surface area contributed by atoms with E-state index in [1.165, 1.54) is 57.8 Å². The zero-order valence-electron chi connectivity index (χ0n) is 58.6. The maximum Gasteiger partial charge on any atom is 0.472 e. The molecule has 0 spiro atoms. The van der Waals surface area contributed by atoms with E-state index in [0.717, 1.165) is 148 Å². The first kappa shape index (κ1) is 89.7. The first-order valence-electron chi connectivity index (χ1n) is 36.1. The Hall–Kier alpha value is -4.28. The van der Waals surface area contributed by atoms with Gasteiger partial charge in [-0.1, -0.05) is 259 Å². The van der Waals surface area contributed by atoms with Crippen molar-refractivity contribution in [3.63, 3.8) is 0 Å². The molecular formula is C75H128O17P2. The van der Waals surface area contributed by atoms with E-state index in [9.17, 15) is 43.2 Å². The van der Waals surface area contributed by atoms with Crippen LogP contribution >= 0.6 is 15.6 Å². The van der Waals surface area contributed by atoms with E-state index in [4.69, 9.17) is 37.0 Å². The summed E-state index contributed by atoms with van der Waals surface area (Å²) < 4.78 is 68.1. The molecule has 5 atom stereocenters. The first-order chi connectivity index (χ1) is 45.7. The lowest BCUT2D eigenvalue weighted by Gasteiger charge is -2.21. The molecule has 94 heavy (non-hydrogen) atoms. The number of hydrogen-bond donors (Lipinski definition) is 3. The fraction of sp³-hybridized carbons (Fsp3) is 0.707. The molecule has 0 aliphatic heterocycles. The molecule has 0 aromatic carbocycles. The lowest BCUT2D eigenvalue weighted by Crippen LogP contribution is -2.30. The summed E-state index contributed by atoms with van der Waals surface area (Å²) >= 11 is 0. The van der Waals surface area contributed by atoms with E-state index in [-0.39, 0.29) is 25.7 Å². The third kappa shape index (κ3) is 66.3. The Bertz CT molecular complexity index is 2220. The van der Waals surface area contributed by atoms with Crippen molar-refractivity contribution in [1.29, 1.82) is 0 Å². The Morgan fingerprint density at radius 2 is 0.617 bits per heavy atom. The van der Waals surface area contributed by atoms with Gasteiger partial charge < -0.3 is 33.8 Å². The molecule has 19 heteroatoms. The summed E-state index contributed by atoms with van der Waals surface area (Å²) in [4.78, 5) is 72.5. The van der Waals surface area contributed by atoms with Gasteiger partial charge in [0.1, 0.15) is 19.3 Å². The van der Waals surface area contributed by atoms with Crippen molar-refractivity contribution < 1.29 is 80.2 Å². The third-order valence-electron chi connectivity index (χ3n) is 14.7. The smallest absolute Gasteiger partial charge is 0.462 e. The summed E-state index contributed by atoms with van der Waals surface area (Å²) in [6, 6.07) is 0. The number of hydrogen-bond acceptors (Lipinski definition) is 15. The summed E-state index contributed by atoms with van der Waals surface area (Å²) in [6.07, 6.45) is 69.8. The molecule has 0 saturated heterocycles. The Labute approximate surface area is 569 Å². The molecule has 0 fully saturated rings. The molecule has 540 valence electrons. The lowest BCUT2D eigenvalue weighted by atomic mass is 10.1. The molecule has 0 aliphatic rings. The second kappa shape index (κ2) is 67.3. The van der Waals surface area contributed by atoms with Crippen molar-refractivity contribution in [2.24, 2.45) is 0 Å². The monoisotopic (exact) mass is 1360 g/mol. The van der Waals surface area contributed by atoms with Crippen LogP contribution in [0.5, 0.6) is 0 Å². The summed E-state index contributed by atoms with van der Waals surface area (Å²) in [5.41, 5.74) is 0. The average molecular weight is 1360 g/mol. The van der Waals surface area contributed by atoms with E-state index in [0.29, 0.717) is 25.7 Å². The predicted molar refractivity (Wildman–Crippen MR) is 381 cm³/mol. The fourth-order valence-electron chi connectivity index (χ4n) is 9.24. The van der Waals surface area contributed by atoms with Crippen molar-refractivity contribution in [3.05, 3.63) is 109 Å². The van der Waals surface area contributed by atoms with Gasteiger partial charge in [0.25, 0.3) is 0 Å². The molecular weight excluding hydrogens is 1230 g/mol. The number of rotatable bonds is 67. The normalized spacial score (nSPS) is 14.7. The van der Waals surface area contributed by atoms with Crippen LogP contribution in [0.2, 0.25) is 0 Å². The highest BCUT2D eigenvalue weighted by molar-refractivity contribution is 7.47. The summed E-state index contributed by atoms with van der Waals surface area (Å²) in [7, 11) is -9.97. The molecule has 0 heterocycles. The molecule has 5 unspecified atom stereocenters. The number of phosphoric ester groups is 2. The molecule has 0 amide bonds. The molecule has 0 aromatic heterocycles. The Morgan fingerprint density at radius 1 is 0.319 bits per heavy atom. The number of carbonyl (C=O) groups is 4. The topological polar surface area (TPSA) is 237 Å². The standard InChI is InChI=1S/C75H128O17P2/c1-5-9-13-17-21-25-29-32-34-37-40-43-47-51-55-59-72(77)85-65-70(91-74(79)61-57-53-49-45-39-28-24-20-16-12-8-4)67-89-93(81,82)87-63-69(76)64-88-94(83,84)90-68-71(92-75(80)62-58-54-50-46-42-36-31-27-23-19-15-11-7-3)66-86-73(78)60-56-52-48-44-41-38-35-33-30-26-22-18-14-10-6-2/h10,14-15,19,21-22,25-27,31-35,41,44,52,56,69-71,76H,5-9,11-13,16-18,20,23-24,28-30,36-40,42-43,45-51,53-55,57-68H2,1-4H3,(H,81,82)(H,83,84)/b14-10-,19-15-,25-21-,26-22-,31-27-,34-32-,35-33-,44-41-,56-52-. The molecule has 0 radical (unpaired) electrons. The van der Waals surface area contributed by atoms with E-state index in [2.05, 4.69) is 113 Å². The number of carbonyl (C=O) groups excluding carboxylic acids is 4. The van der Waals surface area contributed by atoms with Crippen LogP contribution < -0.4 is 0 Å². The second-order valence-electron chi connectivity index (χ2n) is 23.8. The molecule has 0 aliphatic carbocycles. The third-order valence-corrected chi connectivity index (χ3v) is 16.6. The van der Waals surface area contributed by atoms with Gasteiger partial charge in [-0.2, -0.15) is 0 Å². The molecule has 0 bridgehead atoms. The van der Waals surface area contributed by atoms with Gasteiger partial charge in [-0.3, -0.25) is 37.3 Å². The summed E-state index contributed by atoms with van der Waals surface area (Å²) in [5, 5.41) is 10.6. The quantitative estimate of drug-likeness (QED) is 0.0169. The van der Waals surface area contributed by atoms with Crippen molar-refractivity contribution in [2.75, 3.05) is 39.6 Å². The highest BCUT2D eigenvalue weighted by atomic mass is 31.2. The van der Waals surface area contributed by atoms with Crippen molar-refractivity contribution >= 4 is 39.5 Å². The maximum absolute atomic E-state index is 13.0. The fourth-order valence-corrected chi connectivity index (χ4v) is 10.8. The number of aliphatic hydroxyl groups excluding tert-OH is 1. The van der Waals surface area contributed by atoms with E-state index in [1.54, 1.807) is 6.08 Å². The van der Waals surface area contributed by atoms with Crippen LogP contribution in [0.3, 0.4) is 0 Å². The van der Waals surface area contributed by atoms with Crippen molar-refractivity contribution in [3.8, 4) is 0 Å². The minimum atomic E-state index is -4.99. The Kier molecular flexibility index (Phi) is 64.2. The Balaban J connectivity index is 5.40. The zero-order chi connectivity index (χ0) is 69.0. The van der Waals surface area contributed by atoms with Crippen LogP contribution in [0.15, 0.2) is 109 Å². The number of ether oxygens (including phenoxy) is 4. The molecule has 0 rings (SSSR count). The van der Waals surface area contributed by atoms with E-state index in [1.807, 2.05) is 18.2 Å². The van der Waals surface area contributed by atoms with Gasteiger partial charge in [-0.15, -0.1) is 0 Å². The number of unbranched alkanes of at least 4 members (excludes halogenated alkanes) is 24. The number of phosphoric acid groups is 2. The van der Waals surface area contributed by atoms with Gasteiger partial charge >= 0.3 is 39.5 Å². The van der Waals surface area contributed by atoms with Gasteiger partial charge in [-0.25, -0.2) is 9.13 Å². The largest absolute Gasteiger partial charge is 0.472 e. The number of aliphatic hydroxyl groups is 1. The summed E-state index contributed by atoms with van der Waals surface area (Å²) in [5.74, 6) is -2.35. The SMILES string of the molecule is CC/C=C\C/C=C\C/C=C\C/C=C\C/C=C\CC(=O)OCC(COP(=O)(O)OCC(O)COP(=O)(O)OCC(COC(=O)CCCCCCC/C=C\C/C=C\CCCCC)OC(=O)CCCCCCCCCCCCC)OC(=O)CCCCCCC/C=C\C/C=C\CCC. The Morgan fingerprint density at radius 3 is 1.01 bits per heavy atom. The van der Waals surface area contributed by atoms with Crippen LogP contribution in [-0.4, -0.2) is 96.7 Å². The molecule has 3 N–H and O–H groups in total. The predicted octanol–water partition coefficient (Wildman–Crippen LogP) is 20.2. The minimum absolute atomic E-state index is 0.0578. The van der Waals surface area contributed by atoms with E-state index >= 15 is 0 Å². The van der Waals surface area contributed by atoms with Crippen molar-refractivity contribution in [2.45, 2.75) is 303 Å². The highest BCUT2D eigenvalue weighted by Crippen LogP contribution is 2.45. The molecule has 17 nitrogen and oxygen atoms in total. The molecule has 0 saturated carbocycles.